The Morgan fingerprint density at radius 2 is 1.70 bits per heavy atom. The van der Waals surface area contributed by atoms with E-state index < -0.39 is 0 Å². The number of fused-ring (bicyclic) bond motifs is 1. The fraction of sp³-hybridized carbons (Fsp3) is 0.0455. The van der Waals surface area contributed by atoms with E-state index >= 15 is 0 Å². The number of rotatable bonds is 4. The van der Waals surface area contributed by atoms with E-state index in [1.807, 2.05) is 54.6 Å². The van der Waals surface area contributed by atoms with Gasteiger partial charge in [-0.3, -0.25) is 4.79 Å². The fourth-order valence-electron chi connectivity index (χ4n) is 2.84. The summed E-state index contributed by atoms with van der Waals surface area (Å²) in [6.45, 7) is 0.270. The molecule has 1 N–H and O–H groups in total. The van der Waals surface area contributed by atoms with Crippen LogP contribution in [0.3, 0.4) is 0 Å². The molecule has 0 atom stereocenters. The van der Waals surface area contributed by atoms with Gasteiger partial charge in [-0.15, -0.1) is 0 Å². The minimum Gasteiger partial charge on any atom is -0.508 e. The molecule has 0 bridgehead atoms. The van der Waals surface area contributed by atoms with Crippen molar-refractivity contribution in [1.29, 1.82) is 0 Å². The molecule has 0 amide bonds. The van der Waals surface area contributed by atoms with Gasteiger partial charge in [-0.2, -0.15) is 0 Å². The quantitative estimate of drug-likeness (QED) is 0.471. The molecule has 5 heteroatoms. The predicted molar refractivity (Wildman–Crippen MR) is 108 cm³/mol. The van der Waals surface area contributed by atoms with Crippen molar-refractivity contribution in [3.63, 3.8) is 0 Å². The fourth-order valence-corrected chi connectivity index (χ4v) is 3.10. The van der Waals surface area contributed by atoms with Gasteiger partial charge in [0.2, 0.25) is 0 Å². The van der Waals surface area contributed by atoms with Crippen molar-refractivity contribution in [2.45, 2.75) is 6.61 Å². The van der Waals surface area contributed by atoms with E-state index in [4.69, 9.17) is 9.15 Å². The van der Waals surface area contributed by atoms with Crippen LogP contribution in [-0.2, 0) is 6.61 Å². The number of phenols is 1. The van der Waals surface area contributed by atoms with Crippen LogP contribution < -0.4 is 10.2 Å². The van der Waals surface area contributed by atoms with Gasteiger partial charge in [0.05, 0.1) is 0 Å². The Morgan fingerprint density at radius 1 is 0.963 bits per heavy atom. The maximum Gasteiger partial charge on any atom is 0.197 e. The Kier molecular flexibility index (Phi) is 4.69. The summed E-state index contributed by atoms with van der Waals surface area (Å²) in [6, 6.07) is 21.3. The molecule has 0 fully saturated rings. The second-order valence-corrected chi connectivity index (χ2v) is 6.99. The Balaban J connectivity index is 1.75. The largest absolute Gasteiger partial charge is 0.508 e. The predicted octanol–water partition coefficient (Wildman–Crippen LogP) is 5.51. The minimum atomic E-state index is -0.221. The number of ether oxygens (including phenoxy) is 1. The first kappa shape index (κ1) is 17.4. The number of hydrogen-bond acceptors (Lipinski definition) is 4. The third-order valence-corrected chi connectivity index (χ3v) is 4.67. The molecule has 0 radical (unpaired) electrons. The summed E-state index contributed by atoms with van der Waals surface area (Å²) in [6.07, 6.45) is 0. The van der Waals surface area contributed by atoms with Crippen molar-refractivity contribution < 1.29 is 14.3 Å². The van der Waals surface area contributed by atoms with Crippen molar-refractivity contribution in [3.8, 4) is 22.8 Å². The molecule has 0 spiro atoms. The Labute approximate surface area is 163 Å². The summed E-state index contributed by atoms with van der Waals surface area (Å²) in [5.41, 5.74) is 1.80. The van der Waals surface area contributed by atoms with Gasteiger partial charge in [-0.1, -0.05) is 58.4 Å². The van der Waals surface area contributed by atoms with Crippen LogP contribution in [0.2, 0.25) is 0 Å². The maximum absolute atomic E-state index is 12.7. The molecule has 4 rings (SSSR count). The monoisotopic (exact) mass is 422 g/mol. The van der Waals surface area contributed by atoms with Crippen LogP contribution in [0, 0.1) is 0 Å². The SMILES string of the molecule is O=c1cc(-c2ccccc2)oc2cc(O)cc(OCc3ccc(Br)cc3)c12. The normalized spacial score (nSPS) is 10.9. The van der Waals surface area contributed by atoms with E-state index in [0.29, 0.717) is 16.9 Å². The molecule has 0 saturated carbocycles. The number of phenolic OH excluding ortho intramolecular Hbond substituents is 1. The van der Waals surface area contributed by atoms with Gasteiger partial charge in [0.1, 0.15) is 34.8 Å². The molecule has 134 valence electrons. The second kappa shape index (κ2) is 7.29. The van der Waals surface area contributed by atoms with E-state index in [1.54, 1.807) is 0 Å². The lowest BCUT2D eigenvalue weighted by atomic mass is 10.1. The lowest BCUT2D eigenvalue weighted by Crippen LogP contribution is -2.04. The Hall–Kier alpha value is -3.05. The van der Waals surface area contributed by atoms with Gasteiger partial charge in [-0.25, -0.2) is 0 Å². The Morgan fingerprint density at radius 3 is 2.44 bits per heavy atom. The molecule has 4 aromatic rings. The average Bonchev–Trinajstić information content (AvgIpc) is 2.67. The number of halogens is 1. The summed E-state index contributed by atoms with van der Waals surface area (Å²) < 4.78 is 12.7. The van der Waals surface area contributed by atoms with Crippen LogP contribution in [0.4, 0.5) is 0 Å². The average molecular weight is 423 g/mol. The van der Waals surface area contributed by atoms with Crippen molar-refractivity contribution >= 4 is 26.9 Å². The molecule has 0 aliphatic heterocycles. The first-order chi connectivity index (χ1) is 13.1. The van der Waals surface area contributed by atoms with Gasteiger partial charge < -0.3 is 14.3 Å². The van der Waals surface area contributed by atoms with Gasteiger partial charge in [-0.05, 0) is 17.7 Å². The number of benzene rings is 3. The van der Waals surface area contributed by atoms with Crippen LogP contribution in [-0.4, -0.2) is 5.11 Å². The summed E-state index contributed by atoms with van der Waals surface area (Å²) in [5.74, 6) is 0.709. The van der Waals surface area contributed by atoms with Crippen molar-refractivity contribution in [1.82, 2.24) is 0 Å². The maximum atomic E-state index is 12.7. The standard InChI is InChI=1S/C22H15BrO4/c23-16-8-6-14(7-9-16)13-26-20-10-17(24)11-21-22(20)18(25)12-19(27-21)15-4-2-1-3-5-15/h1-12,24H,13H2. The number of aromatic hydroxyl groups is 1. The topological polar surface area (TPSA) is 59.7 Å². The van der Waals surface area contributed by atoms with Gasteiger partial charge in [0, 0.05) is 28.2 Å². The summed E-state index contributed by atoms with van der Waals surface area (Å²) in [7, 11) is 0. The molecule has 0 unspecified atom stereocenters. The molecule has 0 saturated heterocycles. The molecular weight excluding hydrogens is 408 g/mol. The molecule has 1 aromatic heterocycles. The zero-order valence-corrected chi connectivity index (χ0v) is 15.8. The molecule has 27 heavy (non-hydrogen) atoms. The van der Waals surface area contributed by atoms with Crippen LogP contribution in [0.25, 0.3) is 22.3 Å². The van der Waals surface area contributed by atoms with Crippen LogP contribution in [0.1, 0.15) is 5.56 Å². The number of hydrogen-bond donors (Lipinski definition) is 1. The first-order valence-corrected chi connectivity index (χ1v) is 9.13. The zero-order chi connectivity index (χ0) is 18.8. The zero-order valence-electron chi connectivity index (χ0n) is 14.2. The highest BCUT2D eigenvalue weighted by atomic mass is 79.9. The molecule has 4 nitrogen and oxygen atoms in total. The lowest BCUT2D eigenvalue weighted by molar-refractivity contribution is 0.307. The van der Waals surface area contributed by atoms with E-state index in [-0.39, 0.29) is 23.4 Å². The van der Waals surface area contributed by atoms with Crippen LogP contribution in [0.5, 0.6) is 11.5 Å². The highest BCUT2D eigenvalue weighted by molar-refractivity contribution is 9.10. The van der Waals surface area contributed by atoms with Gasteiger partial charge in [0.25, 0.3) is 0 Å². The van der Waals surface area contributed by atoms with Crippen LogP contribution >= 0.6 is 15.9 Å². The molecular formula is C22H15BrO4. The molecule has 3 aromatic carbocycles. The van der Waals surface area contributed by atoms with Crippen molar-refractivity contribution in [2.75, 3.05) is 0 Å². The third-order valence-electron chi connectivity index (χ3n) is 4.15. The molecule has 0 aliphatic rings. The third kappa shape index (κ3) is 3.73. The smallest absolute Gasteiger partial charge is 0.197 e. The second-order valence-electron chi connectivity index (χ2n) is 6.07. The lowest BCUT2D eigenvalue weighted by Gasteiger charge is -2.11. The summed E-state index contributed by atoms with van der Waals surface area (Å²) >= 11 is 3.39. The van der Waals surface area contributed by atoms with Crippen LogP contribution in [0.15, 0.2) is 86.5 Å². The van der Waals surface area contributed by atoms with E-state index in [1.165, 1.54) is 18.2 Å². The highest BCUT2D eigenvalue weighted by Crippen LogP contribution is 2.31. The van der Waals surface area contributed by atoms with E-state index in [0.717, 1.165) is 15.6 Å². The van der Waals surface area contributed by atoms with Crippen molar-refractivity contribution in [2.24, 2.45) is 0 Å². The van der Waals surface area contributed by atoms with Gasteiger partial charge in [0.15, 0.2) is 5.43 Å². The Bertz CT molecular complexity index is 1150. The minimum absolute atomic E-state index is 0.0262. The summed E-state index contributed by atoms with van der Waals surface area (Å²) in [5, 5.41) is 10.4. The first-order valence-electron chi connectivity index (χ1n) is 8.34. The molecule has 1 heterocycles. The molecule has 0 aliphatic carbocycles. The van der Waals surface area contributed by atoms with Gasteiger partial charge >= 0.3 is 0 Å². The van der Waals surface area contributed by atoms with Crippen molar-refractivity contribution in [3.05, 3.63) is 93.1 Å². The van der Waals surface area contributed by atoms with E-state index in [9.17, 15) is 9.90 Å². The highest BCUT2D eigenvalue weighted by Gasteiger charge is 2.14. The van der Waals surface area contributed by atoms with E-state index in [2.05, 4.69) is 15.9 Å². The summed E-state index contributed by atoms with van der Waals surface area (Å²) in [4.78, 5) is 12.7.